The summed E-state index contributed by atoms with van der Waals surface area (Å²) in [5.74, 6) is -2.50. The van der Waals surface area contributed by atoms with E-state index >= 15 is 0 Å². The van der Waals surface area contributed by atoms with Crippen LogP contribution in [-0.2, 0) is 20.6 Å². The molecule has 0 unspecified atom stereocenters. The first kappa shape index (κ1) is 21.6. The third-order valence-electron chi connectivity index (χ3n) is 2.79. The number of hydrogen-bond donors (Lipinski definition) is 4. The Bertz CT molecular complexity index is 543. The maximum absolute atomic E-state index is 12.0. The monoisotopic (exact) mass is 357 g/mol. The van der Waals surface area contributed by atoms with Gasteiger partial charge in [-0.25, -0.2) is 0 Å². The van der Waals surface area contributed by atoms with Gasteiger partial charge in [-0.2, -0.15) is 0 Å². The number of carboxylic acid groups (broad SMARTS) is 1. The number of carboxylic acids is 1. The average Bonchev–Trinajstić information content (AvgIpc) is 2.37. The summed E-state index contributed by atoms with van der Waals surface area (Å²) in [6.45, 7) is -0.0688. The Morgan fingerprint density at radius 1 is 1.23 bits per heavy atom. The van der Waals surface area contributed by atoms with Gasteiger partial charge in [0.2, 0.25) is 5.91 Å². The number of benzene rings is 1. The summed E-state index contributed by atoms with van der Waals surface area (Å²) >= 11 is 0. The molecule has 9 heteroatoms. The van der Waals surface area contributed by atoms with E-state index in [0.717, 1.165) is 5.56 Å². The van der Waals surface area contributed by atoms with Crippen LogP contribution in [0.4, 0.5) is 0 Å². The summed E-state index contributed by atoms with van der Waals surface area (Å²) < 4.78 is 11.1. The first-order valence-electron chi connectivity index (χ1n) is 6.36. The zero-order valence-electron chi connectivity index (χ0n) is 14.0. The standard InChI is InChI=1S/C13H18NO6P.Ca.2H/c15-12(16)6-7-14-13(17)11(9-21(18,19)20)8-10-4-2-1-3-5-10;;;/h1-5,11H,6-9H2,(H,14,17)(H,15,16)(H2,18,19,20);;;/q;+2;2*-1/t11-;;;/m0.../s1. The van der Waals surface area contributed by atoms with Gasteiger partial charge in [0.05, 0.1) is 18.5 Å². The molecular formula is C13H20CaNO6P. The van der Waals surface area contributed by atoms with Gasteiger partial charge in [0.15, 0.2) is 0 Å². The van der Waals surface area contributed by atoms with Gasteiger partial charge in [-0.05, 0) is 12.0 Å². The summed E-state index contributed by atoms with van der Waals surface area (Å²) in [6, 6.07) is 8.86. The fraction of sp³-hybridized carbons (Fsp3) is 0.385. The predicted octanol–water partition coefficient (Wildman–Crippen LogP) is 0.458. The van der Waals surface area contributed by atoms with Crippen LogP contribution in [0.1, 0.15) is 14.8 Å². The fourth-order valence-corrected chi connectivity index (χ4v) is 2.73. The van der Waals surface area contributed by atoms with Gasteiger partial charge in [-0.3, -0.25) is 14.2 Å². The van der Waals surface area contributed by atoms with Crippen LogP contribution in [0.25, 0.3) is 0 Å². The molecule has 0 aliphatic heterocycles. The number of aliphatic carboxylic acids is 1. The molecule has 22 heavy (non-hydrogen) atoms. The van der Waals surface area contributed by atoms with Crippen molar-refractivity contribution >= 4 is 57.2 Å². The van der Waals surface area contributed by atoms with E-state index in [1.54, 1.807) is 30.3 Å². The molecule has 0 fully saturated rings. The minimum atomic E-state index is -4.34. The average molecular weight is 357 g/mol. The molecule has 0 aliphatic carbocycles. The maximum Gasteiger partial charge on any atom is 2.00 e. The van der Waals surface area contributed by atoms with Crippen LogP contribution in [-0.4, -0.2) is 77.2 Å². The summed E-state index contributed by atoms with van der Waals surface area (Å²) in [5, 5.41) is 10.9. The minimum Gasteiger partial charge on any atom is -1.00 e. The van der Waals surface area contributed by atoms with Crippen molar-refractivity contribution < 1.29 is 31.9 Å². The Morgan fingerprint density at radius 3 is 2.32 bits per heavy atom. The Hall–Kier alpha value is -0.430. The molecule has 0 saturated heterocycles. The van der Waals surface area contributed by atoms with Crippen molar-refractivity contribution in [1.82, 2.24) is 5.32 Å². The third-order valence-corrected chi connectivity index (χ3v) is 3.71. The number of hydrogen-bond acceptors (Lipinski definition) is 3. The molecule has 7 nitrogen and oxygen atoms in total. The quantitative estimate of drug-likeness (QED) is 0.396. The molecule has 0 aliphatic rings. The molecule has 0 saturated carbocycles. The zero-order chi connectivity index (χ0) is 15.9. The number of carbonyl (C=O) groups is 2. The van der Waals surface area contributed by atoms with Gasteiger partial charge in [0.1, 0.15) is 0 Å². The molecule has 1 atom stereocenters. The molecule has 1 rings (SSSR count). The second-order valence-corrected chi connectivity index (χ2v) is 6.36. The van der Waals surface area contributed by atoms with Crippen LogP contribution < -0.4 is 5.32 Å². The van der Waals surface area contributed by atoms with Gasteiger partial charge in [0.25, 0.3) is 0 Å². The van der Waals surface area contributed by atoms with Gasteiger partial charge < -0.3 is 23.1 Å². The Kier molecular flexibility index (Phi) is 10.2. The smallest absolute Gasteiger partial charge is 1.00 e. The molecule has 0 aromatic heterocycles. The number of carbonyl (C=O) groups excluding carboxylic acids is 1. The predicted molar refractivity (Wildman–Crippen MR) is 83.8 cm³/mol. The summed E-state index contributed by atoms with van der Waals surface area (Å²) in [7, 11) is -4.34. The van der Waals surface area contributed by atoms with Crippen molar-refractivity contribution in [3.05, 3.63) is 35.9 Å². The maximum atomic E-state index is 12.0. The molecule has 1 aromatic rings. The van der Waals surface area contributed by atoms with Gasteiger partial charge in [0, 0.05) is 6.54 Å². The van der Waals surface area contributed by atoms with Crippen LogP contribution in [0.2, 0.25) is 0 Å². The second kappa shape index (κ2) is 10.4. The molecule has 4 N–H and O–H groups in total. The molecule has 0 heterocycles. The van der Waals surface area contributed by atoms with Crippen LogP contribution in [0.5, 0.6) is 0 Å². The zero-order valence-corrected chi connectivity index (χ0v) is 15.1. The van der Waals surface area contributed by atoms with Gasteiger partial charge in [-0.15, -0.1) is 0 Å². The second-order valence-electron chi connectivity index (χ2n) is 4.67. The first-order valence-corrected chi connectivity index (χ1v) is 8.15. The molecule has 1 aromatic carbocycles. The number of rotatable bonds is 8. The van der Waals surface area contributed by atoms with Crippen LogP contribution in [0.15, 0.2) is 30.3 Å². The first-order chi connectivity index (χ1) is 9.78. The van der Waals surface area contributed by atoms with Crippen molar-refractivity contribution in [3.8, 4) is 0 Å². The van der Waals surface area contributed by atoms with E-state index in [4.69, 9.17) is 14.9 Å². The summed E-state index contributed by atoms with van der Waals surface area (Å²) in [6.07, 6.45) is -0.620. The van der Waals surface area contributed by atoms with E-state index in [1.807, 2.05) is 0 Å². The Morgan fingerprint density at radius 2 is 1.82 bits per heavy atom. The SMILES string of the molecule is O=C(O)CCNC(=O)[C@@H](Cc1ccccc1)CP(=O)(O)O.[Ca+2].[H-].[H-]. The third kappa shape index (κ3) is 9.56. The van der Waals surface area contributed by atoms with E-state index in [2.05, 4.69) is 5.32 Å². The number of amides is 1. The number of nitrogens with one attached hydrogen (secondary N) is 1. The van der Waals surface area contributed by atoms with Crippen molar-refractivity contribution in [2.45, 2.75) is 12.8 Å². The summed E-state index contributed by atoms with van der Waals surface area (Å²) in [5.41, 5.74) is 0.782. The molecule has 0 spiro atoms. The Labute approximate surface area is 161 Å². The molecule has 0 radical (unpaired) electrons. The molecule has 0 bridgehead atoms. The van der Waals surface area contributed by atoms with E-state index in [1.165, 1.54) is 0 Å². The topological polar surface area (TPSA) is 124 Å². The Balaban J connectivity index is -0.00000147. The van der Waals surface area contributed by atoms with Crippen LogP contribution in [0.3, 0.4) is 0 Å². The van der Waals surface area contributed by atoms with Crippen LogP contribution >= 0.6 is 7.60 Å². The largest absolute Gasteiger partial charge is 2.00 e. The fourth-order valence-electron chi connectivity index (χ4n) is 1.86. The van der Waals surface area contributed by atoms with Crippen molar-refractivity contribution in [2.24, 2.45) is 5.92 Å². The van der Waals surface area contributed by atoms with Crippen LogP contribution in [0, 0.1) is 5.92 Å². The molecule has 1 amide bonds. The van der Waals surface area contributed by atoms with Crippen molar-refractivity contribution in [1.29, 1.82) is 0 Å². The van der Waals surface area contributed by atoms with Gasteiger partial charge >= 0.3 is 51.3 Å². The minimum absolute atomic E-state index is 0. The van der Waals surface area contributed by atoms with Crippen molar-refractivity contribution in [2.75, 3.05) is 12.7 Å². The molecular weight excluding hydrogens is 337 g/mol. The van der Waals surface area contributed by atoms with E-state index < -0.39 is 31.6 Å². The van der Waals surface area contributed by atoms with Gasteiger partial charge in [-0.1, -0.05) is 30.3 Å². The molecule has 120 valence electrons. The summed E-state index contributed by atoms with van der Waals surface area (Å²) in [4.78, 5) is 40.5. The normalized spacial score (nSPS) is 12.1. The van der Waals surface area contributed by atoms with E-state index in [9.17, 15) is 14.2 Å². The van der Waals surface area contributed by atoms with E-state index in [-0.39, 0.29) is 60.0 Å². The van der Waals surface area contributed by atoms with E-state index in [0.29, 0.717) is 0 Å². The van der Waals surface area contributed by atoms with Crippen molar-refractivity contribution in [3.63, 3.8) is 0 Å².